The van der Waals surface area contributed by atoms with Gasteiger partial charge in [0.25, 0.3) is 0 Å². The van der Waals surface area contributed by atoms with E-state index in [1.807, 2.05) is 13.8 Å². The molecule has 0 heterocycles. The molecule has 44 valence electrons. The van der Waals surface area contributed by atoms with Gasteiger partial charge in [-0.05, 0) is 5.92 Å². The highest BCUT2D eigenvalue weighted by molar-refractivity contribution is 7.80. The largest absolute Gasteiger partial charge is 0.392 e. The summed E-state index contributed by atoms with van der Waals surface area (Å²) in [5.41, 5.74) is 0. The van der Waals surface area contributed by atoms with Crippen LogP contribution in [-0.4, -0.2) is 17.0 Å². The standard InChI is InChI=1S/C5H12OS/c1-4(2)5(6)3-7/h4-7H,3H2,1-2H3. The topological polar surface area (TPSA) is 20.2 Å². The monoisotopic (exact) mass is 120 g/mol. The summed E-state index contributed by atoms with van der Waals surface area (Å²) in [6, 6.07) is 0. The number of hydrogen-bond acceptors (Lipinski definition) is 2. The number of hydrogen-bond donors (Lipinski definition) is 2. The summed E-state index contributed by atoms with van der Waals surface area (Å²) in [6.45, 7) is 3.95. The van der Waals surface area contributed by atoms with Gasteiger partial charge < -0.3 is 5.11 Å². The molecular weight excluding hydrogens is 108 g/mol. The predicted molar refractivity (Wildman–Crippen MR) is 34.7 cm³/mol. The molecular formula is C5H12OS. The highest BCUT2D eigenvalue weighted by Crippen LogP contribution is 2.00. The third kappa shape index (κ3) is 2.94. The Kier molecular flexibility index (Phi) is 3.48. The summed E-state index contributed by atoms with van der Waals surface area (Å²) < 4.78 is 0. The summed E-state index contributed by atoms with van der Waals surface area (Å²) in [4.78, 5) is 0. The Morgan fingerprint density at radius 3 is 2.00 bits per heavy atom. The molecule has 0 bridgehead atoms. The molecule has 2 heteroatoms. The van der Waals surface area contributed by atoms with Crippen molar-refractivity contribution in [1.29, 1.82) is 0 Å². The zero-order valence-electron chi connectivity index (χ0n) is 4.76. The Hall–Kier alpha value is 0.310. The zero-order chi connectivity index (χ0) is 5.86. The van der Waals surface area contributed by atoms with Crippen LogP contribution in [0.2, 0.25) is 0 Å². The van der Waals surface area contributed by atoms with Gasteiger partial charge in [0.05, 0.1) is 6.10 Å². The van der Waals surface area contributed by atoms with Gasteiger partial charge >= 0.3 is 0 Å². The Morgan fingerprint density at radius 1 is 1.57 bits per heavy atom. The molecule has 0 fully saturated rings. The predicted octanol–water partition coefficient (Wildman–Crippen LogP) is 0.933. The minimum Gasteiger partial charge on any atom is -0.392 e. The van der Waals surface area contributed by atoms with Gasteiger partial charge in [0.2, 0.25) is 0 Å². The molecule has 0 aromatic heterocycles. The maximum absolute atomic E-state index is 8.86. The van der Waals surface area contributed by atoms with Crippen LogP contribution in [0.4, 0.5) is 0 Å². The van der Waals surface area contributed by atoms with Crippen molar-refractivity contribution < 1.29 is 5.11 Å². The summed E-state index contributed by atoms with van der Waals surface area (Å²) in [6.07, 6.45) is -0.233. The van der Waals surface area contributed by atoms with E-state index < -0.39 is 0 Å². The van der Waals surface area contributed by atoms with Gasteiger partial charge in [-0.25, -0.2) is 0 Å². The summed E-state index contributed by atoms with van der Waals surface area (Å²) >= 11 is 3.90. The molecule has 1 atom stereocenters. The first-order valence-electron chi connectivity index (χ1n) is 2.47. The van der Waals surface area contributed by atoms with Gasteiger partial charge in [0.15, 0.2) is 0 Å². The van der Waals surface area contributed by atoms with Crippen molar-refractivity contribution >= 4 is 12.6 Å². The fraction of sp³-hybridized carbons (Fsp3) is 1.00. The normalized spacial score (nSPS) is 15.0. The summed E-state index contributed by atoms with van der Waals surface area (Å²) in [5.74, 6) is 0.912. The fourth-order valence-electron chi connectivity index (χ4n) is 0.211. The number of thiol groups is 1. The average Bonchev–Trinajstić information content (AvgIpc) is 1.65. The molecule has 0 amide bonds. The lowest BCUT2D eigenvalue weighted by molar-refractivity contribution is 0.149. The molecule has 0 saturated heterocycles. The van der Waals surface area contributed by atoms with Crippen molar-refractivity contribution in [1.82, 2.24) is 0 Å². The molecule has 0 aliphatic heterocycles. The van der Waals surface area contributed by atoms with Crippen LogP contribution in [0.25, 0.3) is 0 Å². The highest BCUT2D eigenvalue weighted by Gasteiger charge is 2.03. The van der Waals surface area contributed by atoms with Crippen LogP contribution in [-0.2, 0) is 0 Å². The molecule has 0 spiro atoms. The molecule has 0 saturated carbocycles. The van der Waals surface area contributed by atoms with Crippen molar-refractivity contribution in [3.63, 3.8) is 0 Å². The first-order valence-corrected chi connectivity index (χ1v) is 3.10. The Balaban J connectivity index is 3.14. The SMILES string of the molecule is CC(C)C(O)CS. The van der Waals surface area contributed by atoms with Gasteiger partial charge in [-0.3, -0.25) is 0 Å². The lowest BCUT2D eigenvalue weighted by Gasteiger charge is -2.08. The van der Waals surface area contributed by atoms with E-state index in [0.717, 1.165) is 0 Å². The molecule has 0 aliphatic carbocycles. The van der Waals surface area contributed by atoms with Crippen molar-refractivity contribution in [2.75, 3.05) is 5.75 Å². The maximum atomic E-state index is 8.86. The fourth-order valence-corrected chi connectivity index (χ4v) is 0.632. The van der Waals surface area contributed by atoms with Gasteiger partial charge in [-0.2, -0.15) is 12.6 Å². The van der Waals surface area contributed by atoms with E-state index in [4.69, 9.17) is 5.11 Å². The van der Waals surface area contributed by atoms with E-state index in [1.165, 1.54) is 0 Å². The van der Waals surface area contributed by atoms with Crippen LogP contribution in [0, 0.1) is 5.92 Å². The molecule has 7 heavy (non-hydrogen) atoms. The third-order valence-corrected chi connectivity index (χ3v) is 1.33. The lowest BCUT2D eigenvalue weighted by Crippen LogP contribution is -2.15. The highest BCUT2D eigenvalue weighted by atomic mass is 32.1. The minimum absolute atomic E-state index is 0.233. The van der Waals surface area contributed by atoms with Crippen LogP contribution < -0.4 is 0 Å². The quantitative estimate of drug-likeness (QED) is 0.519. The van der Waals surface area contributed by atoms with Crippen molar-refractivity contribution in [3.05, 3.63) is 0 Å². The minimum atomic E-state index is -0.233. The molecule has 0 aromatic carbocycles. The van der Waals surface area contributed by atoms with Crippen molar-refractivity contribution in [2.45, 2.75) is 20.0 Å². The first-order chi connectivity index (χ1) is 3.18. The molecule has 1 N–H and O–H groups in total. The molecule has 1 unspecified atom stereocenters. The zero-order valence-corrected chi connectivity index (χ0v) is 5.65. The molecule has 0 radical (unpaired) electrons. The second kappa shape index (κ2) is 3.33. The Labute approximate surface area is 50.1 Å². The Morgan fingerprint density at radius 2 is 2.00 bits per heavy atom. The average molecular weight is 120 g/mol. The maximum Gasteiger partial charge on any atom is 0.0650 e. The second-order valence-electron chi connectivity index (χ2n) is 1.99. The van der Waals surface area contributed by atoms with E-state index in [0.29, 0.717) is 11.7 Å². The van der Waals surface area contributed by atoms with Crippen LogP contribution in [0.1, 0.15) is 13.8 Å². The van der Waals surface area contributed by atoms with Crippen molar-refractivity contribution in [2.24, 2.45) is 5.92 Å². The van der Waals surface area contributed by atoms with Gasteiger partial charge in [-0.1, -0.05) is 13.8 Å². The third-order valence-electron chi connectivity index (χ3n) is 0.957. The molecule has 1 nitrogen and oxygen atoms in total. The van der Waals surface area contributed by atoms with E-state index >= 15 is 0 Å². The number of rotatable bonds is 2. The molecule has 0 aliphatic rings. The van der Waals surface area contributed by atoms with Gasteiger partial charge in [0.1, 0.15) is 0 Å². The van der Waals surface area contributed by atoms with Crippen LogP contribution in [0.5, 0.6) is 0 Å². The van der Waals surface area contributed by atoms with E-state index in [9.17, 15) is 0 Å². The number of aliphatic hydroxyl groups is 1. The molecule has 0 rings (SSSR count). The second-order valence-corrected chi connectivity index (χ2v) is 2.36. The van der Waals surface area contributed by atoms with Crippen LogP contribution in [0.15, 0.2) is 0 Å². The van der Waals surface area contributed by atoms with E-state index in [2.05, 4.69) is 12.6 Å². The van der Waals surface area contributed by atoms with E-state index in [-0.39, 0.29) is 6.10 Å². The smallest absolute Gasteiger partial charge is 0.0650 e. The summed E-state index contributed by atoms with van der Waals surface area (Å²) in [5, 5.41) is 8.86. The van der Waals surface area contributed by atoms with Crippen molar-refractivity contribution in [3.8, 4) is 0 Å². The van der Waals surface area contributed by atoms with Gasteiger partial charge in [-0.15, -0.1) is 0 Å². The van der Waals surface area contributed by atoms with Gasteiger partial charge in [0, 0.05) is 5.75 Å². The molecule has 0 aromatic rings. The summed E-state index contributed by atoms with van der Waals surface area (Å²) in [7, 11) is 0. The Bertz CT molecular complexity index is 45.3. The number of aliphatic hydroxyl groups excluding tert-OH is 1. The lowest BCUT2D eigenvalue weighted by atomic mass is 10.1. The van der Waals surface area contributed by atoms with Crippen LogP contribution in [0.3, 0.4) is 0 Å². The first kappa shape index (κ1) is 7.31. The van der Waals surface area contributed by atoms with Crippen LogP contribution >= 0.6 is 12.6 Å². The van der Waals surface area contributed by atoms with E-state index in [1.54, 1.807) is 0 Å².